The zero-order chi connectivity index (χ0) is 15.0. The second-order valence-corrected chi connectivity index (χ2v) is 8.09. The highest BCUT2D eigenvalue weighted by molar-refractivity contribution is 9.11. The molecule has 2 heterocycles. The molecule has 6 heteroatoms. The van der Waals surface area contributed by atoms with Crippen molar-refractivity contribution >= 4 is 54.6 Å². The maximum atomic E-state index is 13.2. The van der Waals surface area contributed by atoms with Crippen molar-refractivity contribution in [3.05, 3.63) is 55.8 Å². The first-order valence-corrected chi connectivity index (χ1v) is 8.69. The molecule has 0 radical (unpaired) electrons. The average molecular weight is 384 g/mol. The standard InChI is InChI=1S/C15H11BrFNOS2/c1-18(7-9-4-14(16)20-8-9)15(19)13-5-10-2-3-11(17)6-12(10)21-13/h2-6,8H,7H2,1H3. The number of nitrogens with zero attached hydrogens (tertiary/aromatic N) is 1. The molecule has 2 aromatic heterocycles. The number of benzene rings is 1. The Balaban J connectivity index is 1.82. The molecule has 1 aromatic carbocycles. The zero-order valence-electron chi connectivity index (χ0n) is 11.1. The van der Waals surface area contributed by atoms with Crippen molar-refractivity contribution in [1.82, 2.24) is 4.90 Å². The molecule has 0 saturated heterocycles. The quantitative estimate of drug-likeness (QED) is 0.613. The van der Waals surface area contributed by atoms with E-state index in [1.165, 1.54) is 23.5 Å². The van der Waals surface area contributed by atoms with Gasteiger partial charge < -0.3 is 4.90 Å². The van der Waals surface area contributed by atoms with Crippen LogP contribution in [0.25, 0.3) is 10.1 Å². The highest BCUT2D eigenvalue weighted by atomic mass is 79.9. The molecule has 2 nitrogen and oxygen atoms in total. The lowest BCUT2D eigenvalue weighted by molar-refractivity contribution is 0.0790. The summed E-state index contributed by atoms with van der Waals surface area (Å²) in [5, 5.41) is 2.92. The van der Waals surface area contributed by atoms with Gasteiger partial charge in [-0.2, -0.15) is 0 Å². The lowest BCUT2D eigenvalue weighted by Gasteiger charge is -2.15. The second-order valence-electron chi connectivity index (χ2n) is 4.71. The summed E-state index contributed by atoms with van der Waals surface area (Å²) in [6, 6.07) is 8.41. The number of hydrogen-bond donors (Lipinski definition) is 0. The van der Waals surface area contributed by atoms with Gasteiger partial charge in [-0.05, 0) is 56.5 Å². The minimum absolute atomic E-state index is 0.0427. The van der Waals surface area contributed by atoms with E-state index in [1.54, 1.807) is 29.4 Å². The molecule has 0 fully saturated rings. The number of rotatable bonds is 3. The maximum Gasteiger partial charge on any atom is 0.264 e. The van der Waals surface area contributed by atoms with Crippen molar-refractivity contribution in [3.8, 4) is 0 Å². The van der Waals surface area contributed by atoms with Crippen LogP contribution in [0.2, 0.25) is 0 Å². The second kappa shape index (κ2) is 5.87. The highest BCUT2D eigenvalue weighted by Crippen LogP contribution is 2.28. The van der Waals surface area contributed by atoms with Crippen molar-refractivity contribution in [3.63, 3.8) is 0 Å². The topological polar surface area (TPSA) is 20.3 Å². The summed E-state index contributed by atoms with van der Waals surface area (Å²) in [6.07, 6.45) is 0. The summed E-state index contributed by atoms with van der Waals surface area (Å²) < 4.78 is 15.1. The van der Waals surface area contributed by atoms with Crippen LogP contribution in [-0.4, -0.2) is 17.9 Å². The lowest BCUT2D eigenvalue weighted by atomic mass is 10.2. The first-order valence-electron chi connectivity index (χ1n) is 6.20. The largest absolute Gasteiger partial charge is 0.337 e. The highest BCUT2D eigenvalue weighted by Gasteiger charge is 2.16. The molecule has 0 N–H and O–H groups in total. The Kier molecular flexibility index (Phi) is 4.10. The van der Waals surface area contributed by atoms with E-state index in [0.29, 0.717) is 11.4 Å². The summed E-state index contributed by atoms with van der Waals surface area (Å²) >= 11 is 6.34. The average Bonchev–Trinajstić information content (AvgIpc) is 3.03. The summed E-state index contributed by atoms with van der Waals surface area (Å²) in [5.41, 5.74) is 1.09. The smallest absolute Gasteiger partial charge is 0.264 e. The predicted molar refractivity (Wildman–Crippen MR) is 89.6 cm³/mol. The first-order chi connectivity index (χ1) is 10.0. The number of fused-ring (bicyclic) bond motifs is 1. The summed E-state index contributed by atoms with van der Waals surface area (Å²) in [7, 11) is 1.78. The predicted octanol–water partition coefficient (Wildman–Crippen LogP) is 5.14. The van der Waals surface area contributed by atoms with Gasteiger partial charge in [0, 0.05) is 18.3 Å². The molecule has 21 heavy (non-hydrogen) atoms. The minimum atomic E-state index is -0.278. The molecule has 0 aliphatic carbocycles. The molecule has 0 aliphatic rings. The molecule has 1 amide bonds. The third-order valence-corrected chi connectivity index (χ3v) is 5.72. The molecular formula is C15H11BrFNOS2. The molecule has 0 saturated carbocycles. The Morgan fingerprint density at radius 1 is 1.33 bits per heavy atom. The van der Waals surface area contributed by atoms with Crippen molar-refractivity contribution in [2.75, 3.05) is 7.05 Å². The van der Waals surface area contributed by atoms with Crippen molar-refractivity contribution in [2.24, 2.45) is 0 Å². The molecule has 3 aromatic rings. The van der Waals surface area contributed by atoms with Crippen LogP contribution in [0.1, 0.15) is 15.2 Å². The van der Waals surface area contributed by atoms with Gasteiger partial charge in [0.2, 0.25) is 0 Å². The number of amides is 1. The van der Waals surface area contributed by atoms with E-state index in [-0.39, 0.29) is 11.7 Å². The van der Waals surface area contributed by atoms with Crippen LogP contribution >= 0.6 is 38.6 Å². The summed E-state index contributed by atoms with van der Waals surface area (Å²) in [4.78, 5) is 14.8. The Bertz CT molecular complexity index is 811. The molecule has 3 rings (SSSR count). The molecular weight excluding hydrogens is 373 g/mol. The SMILES string of the molecule is CN(Cc1csc(Br)c1)C(=O)c1cc2ccc(F)cc2s1. The third-order valence-electron chi connectivity index (χ3n) is 3.08. The van der Waals surface area contributed by atoms with Gasteiger partial charge in [-0.25, -0.2) is 4.39 Å². The van der Waals surface area contributed by atoms with Crippen LogP contribution < -0.4 is 0 Å². The van der Waals surface area contributed by atoms with E-state index in [0.717, 1.165) is 19.4 Å². The fourth-order valence-corrected chi connectivity index (χ4v) is 4.36. The van der Waals surface area contributed by atoms with Gasteiger partial charge in [0.05, 0.1) is 8.66 Å². The number of halogens is 2. The zero-order valence-corrected chi connectivity index (χ0v) is 14.3. The fraction of sp³-hybridized carbons (Fsp3) is 0.133. The Labute approximate surface area is 138 Å². The van der Waals surface area contributed by atoms with Gasteiger partial charge in [0.25, 0.3) is 5.91 Å². The van der Waals surface area contributed by atoms with Gasteiger partial charge in [0.15, 0.2) is 0 Å². The summed E-state index contributed by atoms with van der Waals surface area (Å²) in [6.45, 7) is 0.559. The van der Waals surface area contributed by atoms with Crippen LogP contribution in [0, 0.1) is 5.82 Å². The van der Waals surface area contributed by atoms with Gasteiger partial charge in [-0.1, -0.05) is 6.07 Å². The fourth-order valence-electron chi connectivity index (χ4n) is 2.07. The maximum absolute atomic E-state index is 13.2. The number of hydrogen-bond acceptors (Lipinski definition) is 3. The van der Waals surface area contributed by atoms with E-state index < -0.39 is 0 Å². The Morgan fingerprint density at radius 3 is 2.86 bits per heavy atom. The number of thiophene rings is 2. The minimum Gasteiger partial charge on any atom is -0.337 e. The van der Waals surface area contributed by atoms with E-state index in [2.05, 4.69) is 15.9 Å². The van der Waals surface area contributed by atoms with Crippen molar-refractivity contribution < 1.29 is 9.18 Å². The monoisotopic (exact) mass is 383 g/mol. The van der Waals surface area contributed by atoms with E-state index in [4.69, 9.17) is 0 Å². The van der Waals surface area contributed by atoms with Crippen LogP contribution in [0.3, 0.4) is 0 Å². The number of carbonyl (C=O) groups excluding carboxylic acids is 1. The molecule has 0 atom stereocenters. The van der Waals surface area contributed by atoms with E-state index in [1.807, 2.05) is 17.5 Å². The summed E-state index contributed by atoms with van der Waals surface area (Å²) in [5.74, 6) is -0.321. The van der Waals surface area contributed by atoms with Crippen LogP contribution in [-0.2, 0) is 6.54 Å². The molecule has 0 aliphatic heterocycles. The van der Waals surface area contributed by atoms with E-state index in [9.17, 15) is 9.18 Å². The van der Waals surface area contributed by atoms with Gasteiger partial charge in [0.1, 0.15) is 5.82 Å². The van der Waals surface area contributed by atoms with Crippen LogP contribution in [0.5, 0.6) is 0 Å². The Morgan fingerprint density at radius 2 is 2.14 bits per heavy atom. The molecule has 0 unspecified atom stereocenters. The first kappa shape index (κ1) is 14.7. The number of carbonyl (C=O) groups is 1. The van der Waals surface area contributed by atoms with Gasteiger partial charge in [-0.15, -0.1) is 22.7 Å². The Hall–Kier alpha value is -1.24. The van der Waals surface area contributed by atoms with Crippen molar-refractivity contribution in [2.45, 2.75) is 6.54 Å². The molecule has 108 valence electrons. The molecule has 0 bridgehead atoms. The normalized spacial score (nSPS) is 11.0. The van der Waals surface area contributed by atoms with Crippen LogP contribution in [0.15, 0.2) is 39.5 Å². The van der Waals surface area contributed by atoms with Crippen LogP contribution in [0.4, 0.5) is 4.39 Å². The third kappa shape index (κ3) is 3.17. The van der Waals surface area contributed by atoms with E-state index >= 15 is 0 Å². The van der Waals surface area contributed by atoms with Gasteiger partial charge in [-0.3, -0.25) is 4.79 Å². The lowest BCUT2D eigenvalue weighted by Crippen LogP contribution is -2.25. The van der Waals surface area contributed by atoms with Crippen molar-refractivity contribution in [1.29, 1.82) is 0 Å². The molecule has 0 spiro atoms. The van der Waals surface area contributed by atoms with Gasteiger partial charge >= 0.3 is 0 Å².